The normalized spacial score (nSPS) is 15.6. The summed E-state index contributed by atoms with van der Waals surface area (Å²) in [7, 11) is 0. The van der Waals surface area contributed by atoms with Crippen LogP contribution in [0.3, 0.4) is 0 Å². The van der Waals surface area contributed by atoms with Crippen LogP contribution < -0.4 is 5.32 Å². The zero-order valence-electron chi connectivity index (χ0n) is 13.9. The molecule has 6 heteroatoms. The molecule has 0 unspecified atom stereocenters. The van der Waals surface area contributed by atoms with Crippen LogP contribution in [0.15, 0.2) is 0 Å². The molecular formula is C15H29N3O3. The van der Waals surface area contributed by atoms with E-state index in [9.17, 15) is 9.59 Å². The fourth-order valence-electron chi connectivity index (χ4n) is 2.20. The number of rotatable bonds is 6. The number of hydrogen-bond acceptors (Lipinski definition) is 4. The van der Waals surface area contributed by atoms with Crippen LogP contribution >= 0.6 is 0 Å². The number of nitrogens with zero attached hydrogens (tertiary/aromatic N) is 2. The Morgan fingerprint density at radius 2 is 1.81 bits per heavy atom. The average molecular weight is 299 g/mol. The zero-order valence-corrected chi connectivity index (χ0v) is 13.9. The Labute approximate surface area is 127 Å². The van der Waals surface area contributed by atoms with Crippen LogP contribution in [0.25, 0.3) is 0 Å². The van der Waals surface area contributed by atoms with E-state index in [1.807, 2.05) is 39.5 Å². The maximum atomic E-state index is 11.8. The molecule has 0 saturated carbocycles. The van der Waals surface area contributed by atoms with Crippen molar-refractivity contribution >= 4 is 12.0 Å². The maximum absolute atomic E-state index is 11.8. The van der Waals surface area contributed by atoms with E-state index in [1.54, 1.807) is 4.90 Å². The maximum Gasteiger partial charge on any atom is 0.410 e. The summed E-state index contributed by atoms with van der Waals surface area (Å²) in [5, 5.41) is 3.30. The molecule has 0 aromatic heterocycles. The van der Waals surface area contributed by atoms with Crippen LogP contribution in [0, 0.1) is 0 Å². The summed E-state index contributed by atoms with van der Waals surface area (Å²) in [5.74, 6) is 0.177. The number of amides is 2. The summed E-state index contributed by atoms with van der Waals surface area (Å²) in [6.07, 6.45) is 0.240. The predicted octanol–water partition coefficient (Wildman–Crippen LogP) is 1.45. The van der Waals surface area contributed by atoms with E-state index in [0.717, 1.165) is 13.1 Å². The zero-order chi connectivity index (χ0) is 16.0. The predicted molar refractivity (Wildman–Crippen MR) is 82.1 cm³/mol. The van der Waals surface area contributed by atoms with Gasteiger partial charge in [0.05, 0.1) is 0 Å². The summed E-state index contributed by atoms with van der Waals surface area (Å²) in [5.41, 5.74) is -0.453. The first kappa shape index (κ1) is 17.8. The van der Waals surface area contributed by atoms with E-state index < -0.39 is 5.60 Å². The minimum Gasteiger partial charge on any atom is -0.444 e. The molecule has 0 bridgehead atoms. The van der Waals surface area contributed by atoms with Crippen LogP contribution in [0.5, 0.6) is 0 Å². The van der Waals surface area contributed by atoms with Crippen LogP contribution in [0.2, 0.25) is 0 Å². The molecule has 1 N–H and O–H groups in total. The third-order valence-corrected chi connectivity index (χ3v) is 3.42. The van der Waals surface area contributed by atoms with Crippen LogP contribution in [-0.2, 0) is 9.53 Å². The SMILES string of the molecule is CCN(CC)C(=O)CCNC1CN(C(=O)OC(C)(C)C)C1. The number of hydrogen-bond donors (Lipinski definition) is 1. The van der Waals surface area contributed by atoms with Crippen molar-refractivity contribution in [3.8, 4) is 0 Å². The summed E-state index contributed by atoms with van der Waals surface area (Å²) in [6.45, 7) is 13.0. The van der Waals surface area contributed by atoms with E-state index in [0.29, 0.717) is 26.1 Å². The molecule has 2 amide bonds. The van der Waals surface area contributed by atoms with Crippen molar-refractivity contribution in [2.75, 3.05) is 32.7 Å². The quantitative estimate of drug-likeness (QED) is 0.806. The second-order valence-corrected chi connectivity index (χ2v) is 6.35. The van der Waals surface area contributed by atoms with Gasteiger partial charge in [-0.25, -0.2) is 4.79 Å². The Kier molecular flexibility index (Phi) is 6.45. The largest absolute Gasteiger partial charge is 0.444 e. The van der Waals surface area contributed by atoms with E-state index in [-0.39, 0.29) is 18.0 Å². The number of nitrogens with one attached hydrogen (secondary N) is 1. The van der Waals surface area contributed by atoms with Gasteiger partial charge in [0.25, 0.3) is 0 Å². The van der Waals surface area contributed by atoms with Crippen molar-refractivity contribution in [2.24, 2.45) is 0 Å². The van der Waals surface area contributed by atoms with E-state index in [1.165, 1.54) is 0 Å². The fraction of sp³-hybridized carbons (Fsp3) is 0.867. The van der Waals surface area contributed by atoms with Crippen molar-refractivity contribution in [1.82, 2.24) is 15.1 Å². The van der Waals surface area contributed by atoms with Crippen molar-refractivity contribution in [1.29, 1.82) is 0 Å². The molecule has 1 aliphatic heterocycles. The highest BCUT2D eigenvalue weighted by atomic mass is 16.6. The second kappa shape index (κ2) is 7.64. The average Bonchev–Trinajstić information content (AvgIpc) is 2.31. The van der Waals surface area contributed by atoms with Gasteiger partial charge in [-0.2, -0.15) is 0 Å². The van der Waals surface area contributed by atoms with Crippen molar-refractivity contribution in [3.05, 3.63) is 0 Å². The highest BCUT2D eigenvalue weighted by molar-refractivity contribution is 5.76. The molecule has 0 aliphatic carbocycles. The number of carbonyl (C=O) groups is 2. The van der Waals surface area contributed by atoms with E-state index in [2.05, 4.69) is 5.32 Å². The minimum atomic E-state index is -0.453. The van der Waals surface area contributed by atoms with E-state index >= 15 is 0 Å². The molecule has 6 nitrogen and oxygen atoms in total. The molecule has 0 radical (unpaired) electrons. The molecule has 0 spiro atoms. The van der Waals surface area contributed by atoms with Gasteiger partial charge in [0.2, 0.25) is 5.91 Å². The van der Waals surface area contributed by atoms with Gasteiger partial charge in [0.15, 0.2) is 0 Å². The highest BCUT2D eigenvalue weighted by Gasteiger charge is 2.33. The Bertz CT molecular complexity index is 356. The summed E-state index contributed by atoms with van der Waals surface area (Å²) < 4.78 is 5.29. The Morgan fingerprint density at radius 1 is 1.24 bits per heavy atom. The Balaban J connectivity index is 2.16. The topological polar surface area (TPSA) is 61.9 Å². The lowest BCUT2D eigenvalue weighted by Crippen LogP contribution is -2.60. The molecule has 122 valence electrons. The van der Waals surface area contributed by atoms with Gasteiger partial charge < -0.3 is 19.9 Å². The number of carbonyl (C=O) groups excluding carboxylic acids is 2. The molecule has 0 aromatic rings. The molecule has 0 atom stereocenters. The summed E-state index contributed by atoms with van der Waals surface area (Å²) >= 11 is 0. The minimum absolute atomic E-state index is 0.177. The van der Waals surface area contributed by atoms with Crippen LogP contribution in [-0.4, -0.2) is 66.2 Å². The standard InChI is InChI=1S/C15H29N3O3/c1-6-17(7-2)13(19)8-9-16-12-10-18(11-12)14(20)21-15(3,4)5/h12,16H,6-11H2,1-5H3. The van der Waals surface area contributed by atoms with Gasteiger partial charge in [0, 0.05) is 45.2 Å². The first-order valence-corrected chi connectivity index (χ1v) is 7.76. The smallest absolute Gasteiger partial charge is 0.410 e. The monoisotopic (exact) mass is 299 g/mol. The number of likely N-dealkylation sites (tertiary alicyclic amines) is 1. The summed E-state index contributed by atoms with van der Waals surface area (Å²) in [6, 6.07) is 0.266. The molecule has 1 saturated heterocycles. The van der Waals surface area contributed by atoms with Gasteiger partial charge >= 0.3 is 6.09 Å². The van der Waals surface area contributed by atoms with E-state index in [4.69, 9.17) is 4.74 Å². The lowest BCUT2D eigenvalue weighted by molar-refractivity contribution is -0.130. The molecule has 1 fully saturated rings. The molecule has 0 aromatic carbocycles. The van der Waals surface area contributed by atoms with Gasteiger partial charge in [-0.05, 0) is 34.6 Å². The molecular weight excluding hydrogens is 270 g/mol. The van der Waals surface area contributed by atoms with Crippen molar-refractivity contribution in [2.45, 2.75) is 52.7 Å². The lowest BCUT2D eigenvalue weighted by Gasteiger charge is -2.40. The molecule has 21 heavy (non-hydrogen) atoms. The fourth-order valence-corrected chi connectivity index (χ4v) is 2.20. The lowest BCUT2D eigenvalue weighted by atomic mass is 10.1. The van der Waals surface area contributed by atoms with Crippen LogP contribution in [0.1, 0.15) is 41.0 Å². The molecule has 1 heterocycles. The van der Waals surface area contributed by atoms with Crippen molar-refractivity contribution in [3.63, 3.8) is 0 Å². The van der Waals surface area contributed by atoms with Crippen molar-refractivity contribution < 1.29 is 14.3 Å². The van der Waals surface area contributed by atoms with Gasteiger partial charge in [-0.15, -0.1) is 0 Å². The summed E-state index contributed by atoms with van der Waals surface area (Å²) in [4.78, 5) is 27.1. The first-order valence-electron chi connectivity index (χ1n) is 7.76. The van der Waals surface area contributed by atoms with Gasteiger partial charge in [0.1, 0.15) is 5.60 Å². The van der Waals surface area contributed by atoms with Gasteiger partial charge in [-0.1, -0.05) is 0 Å². The highest BCUT2D eigenvalue weighted by Crippen LogP contribution is 2.15. The number of ether oxygens (including phenoxy) is 1. The molecule has 1 aliphatic rings. The molecule has 1 rings (SSSR count). The third-order valence-electron chi connectivity index (χ3n) is 3.42. The van der Waals surface area contributed by atoms with Gasteiger partial charge in [-0.3, -0.25) is 4.79 Å². The third kappa shape index (κ3) is 5.91. The Hall–Kier alpha value is -1.30. The Morgan fingerprint density at radius 3 is 2.29 bits per heavy atom. The second-order valence-electron chi connectivity index (χ2n) is 6.35. The first-order chi connectivity index (χ1) is 9.76. The van der Waals surface area contributed by atoms with Crippen LogP contribution in [0.4, 0.5) is 4.79 Å².